The zero-order valence-electron chi connectivity index (χ0n) is 16.3. The van der Waals surface area contributed by atoms with E-state index in [4.69, 9.17) is 0 Å². The van der Waals surface area contributed by atoms with Gasteiger partial charge in [-0.05, 0) is 63.4 Å². The summed E-state index contributed by atoms with van der Waals surface area (Å²) in [5.74, 6) is 0.176. The first-order chi connectivity index (χ1) is 13.1. The van der Waals surface area contributed by atoms with Crippen LogP contribution in [-0.4, -0.2) is 59.4 Å². The van der Waals surface area contributed by atoms with Gasteiger partial charge in [0.05, 0.1) is 17.9 Å². The van der Waals surface area contributed by atoms with Gasteiger partial charge in [-0.25, -0.2) is 4.68 Å². The number of rotatable bonds is 3. The Kier molecular flexibility index (Phi) is 5.16. The number of hydrogen-bond donors (Lipinski definition) is 1. The average Bonchev–Trinajstić information content (AvgIpc) is 2.88. The fourth-order valence-corrected chi connectivity index (χ4v) is 4.33. The molecule has 0 unspecified atom stereocenters. The number of nitrogens with one attached hydrogen (secondary N) is 1. The van der Waals surface area contributed by atoms with Gasteiger partial charge < -0.3 is 10.2 Å². The van der Waals surface area contributed by atoms with Crippen LogP contribution in [0.25, 0.3) is 5.69 Å². The van der Waals surface area contributed by atoms with Gasteiger partial charge in [-0.2, -0.15) is 5.10 Å². The van der Waals surface area contributed by atoms with Crippen molar-refractivity contribution in [1.29, 1.82) is 0 Å². The molecule has 0 spiro atoms. The Hall–Kier alpha value is -2.34. The molecular formula is C21H29N5O. The van der Waals surface area contributed by atoms with Crippen LogP contribution in [0.1, 0.15) is 30.7 Å². The summed E-state index contributed by atoms with van der Waals surface area (Å²) in [4.78, 5) is 16.7. The number of carbonyl (C=O) groups is 1. The fourth-order valence-electron chi connectivity index (χ4n) is 4.33. The van der Waals surface area contributed by atoms with Gasteiger partial charge >= 0.3 is 0 Å². The minimum absolute atomic E-state index is 0.176. The second kappa shape index (κ2) is 7.72. The predicted molar refractivity (Wildman–Crippen MR) is 107 cm³/mol. The monoisotopic (exact) mass is 367 g/mol. The van der Waals surface area contributed by atoms with Crippen LogP contribution in [0, 0.1) is 13.8 Å². The molecule has 1 N–H and O–H groups in total. The molecule has 0 atom stereocenters. The molecule has 4 rings (SSSR count). The van der Waals surface area contributed by atoms with Gasteiger partial charge in [0.25, 0.3) is 0 Å². The molecule has 0 saturated carbocycles. The molecule has 2 aliphatic rings. The highest BCUT2D eigenvalue weighted by molar-refractivity contribution is 5.78. The van der Waals surface area contributed by atoms with Crippen molar-refractivity contribution in [2.45, 2.75) is 39.2 Å². The van der Waals surface area contributed by atoms with Gasteiger partial charge in [0.1, 0.15) is 0 Å². The highest BCUT2D eigenvalue weighted by Crippen LogP contribution is 2.24. The van der Waals surface area contributed by atoms with E-state index in [0.29, 0.717) is 12.6 Å². The second-order valence-corrected chi connectivity index (χ2v) is 7.75. The van der Waals surface area contributed by atoms with Gasteiger partial charge in [0, 0.05) is 43.6 Å². The molecule has 1 aromatic carbocycles. The first-order valence-corrected chi connectivity index (χ1v) is 9.99. The highest BCUT2D eigenvalue weighted by Gasteiger charge is 2.27. The zero-order valence-corrected chi connectivity index (χ0v) is 16.3. The minimum atomic E-state index is 0.176. The Bertz CT molecular complexity index is 789. The summed E-state index contributed by atoms with van der Waals surface area (Å²) in [6.45, 7) is 8.60. The van der Waals surface area contributed by atoms with Crippen molar-refractivity contribution in [2.24, 2.45) is 0 Å². The first kappa shape index (κ1) is 18.0. The van der Waals surface area contributed by atoms with E-state index in [0.717, 1.165) is 62.5 Å². The lowest BCUT2D eigenvalue weighted by atomic mass is 10.0. The maximum atomic E-state index is 11.8. The Morgan fingerprint density at radius 1 is 1.04 bits per heavy atom. The van der Waals surface area contributed by atoms with E-state index < -0.39 is 0 Å². The number of aryl methyl sites for hydroxylation is 2. The van der Waals surface area contributed by atoms with Crippen LogP contribution in [0.4, 0.5) is 5.69 Å². The fraction of sp³-hybridized carbons (Fsp3) is 0.524. The van der Waals surface area contributed by atoms with E-state index in [1.165, 1.54) is 5.69 Å². The number of anilines is 1. The molecular weight excluding hydrogens is 338 g/mol. The quantitative estimate of drug-likeness (QED) is 0.904. The molecule has 2 aromatic rings. The Morgan fingerprint density at radius 3 is 2.41 bits per heavy atom. The zero-order chi connectivity index (χ0) is 18.8. The third-order valence-corrected chi connectivity index (χ3v) is 5.74. The van der Waals surface area contributed by atoms with Crippen LogP contribution >= 0.6 is 0 Å². The highest BCUT2D eigenvalue weighted by atomic mass is 16.2. The van der Waals surface area contributed by atoms with Gasteiger partial charge in [-0.3, -0.25) is 9.69 Å². The van der Waals surface area contributed by atoms with Gasteiger partial charge in [-0.15, -0.1) is 0 Å². The maximum absolute atomic E-state index is 11.8. The number of carbonyl (C=O) groups excluding carboxylic acids is 1. The number of benzene rings is 1. The number of piperidine rings is 1. The lowest BCUT2D eigenvalue weighted by Crippen LogP contribution is -2.47. The standard InChI is InChI=1S/C21H29N5O/c1-16-14-17(2)26(23-16)20-6-4-18(5-7-20)24-12-8-19(9-13-24)25-11-3-10-22-21(27)15-25/h4-7,14,19H,3,8-13,15H2,1-2H3,(H,22,27). The third kappa shape index (κ3) is 4.00. The van der Waals surface area contributed by atoms with Crippen molar-refractivity contribution in [3.63, 3.8) is 0 Å². The van der Waals surface area contributed by atoms with Gasteiger partial charge in [-0.1, -0.05) is 0 Å². The van der Waals surface area contributed by atoms with Crippen LogP contribution < -0.4 is 10.2 Å². The van der Waals surface area contributed by atoms with Crippen molar-refractivity contribution in [3.05, 3.63) is 41.7 Å². The predicted octanol–water partition coefficient (Wildman–Crippen LogP) is 2.28. The van der Waals surface area contributed by atoms with E-state index in [1.54, 1.807) is 0 Å². The van der Waals surface area contributed by atoms with Gasteiger partial charge in [0.2, 0.25) is 5.91 Å². The molecule has 0 bridgehead atoms. The summed E-state index contributed by atoms with van der Waals surface area (Å²) in [6, 6.07) is 11.3. The molecule has 6 heteroatoms. The molecule has 2 saturated heterocycles. The molecule has 27 heavy (non-hydrogen) atoms. The number of amides is 1. The van der Waals surface area contributed by atoms with Crippen LogP contribution in [-0.2, 0) is 4.79 Å². The number of hydrogen-bond acceptors (Lipinski definition) is 4. The first-order valence-electron chi connectivity index (χ1n) is 9.99. The smallest absolute Gasteiger partial charge is 0.234 e. The SMILES string of the molecule is Cc1cc(C)n(-c2ccc(N3CCC(N4CCCNC(=O)C4)CC3)cc2)n1. The van der Waals surface area contributed by atoms with Crippen LogP contribution in [0.5, 0.6) is 0 Å². The summed E-state index contributed by atoms with van der Waals surface area (Å²) in [6.07, 6.45) is 3.29. The molecule has 144 valence electrons. The van der Waals surface area contributed by atoms with Crippen molar-refractivity contribution in [1.82, 2.24) is 20.0 Å². The Morgan fingerprint density at radius 2 is 1.74 bits per heavy atom. The summed E-state index contributed by atoms with van der Waals surface area (Å²) in [5, 5.41) is 7.54. The molecule has 3 heterocycles. The average molecular weight is 367 g/mol. The lowest BCUT2D eigenvalue weighted by Gasteiger charge is -2.38. The second-order valence-electron chi connectivity index (χ2n) is 7.75. The lowest BCUT2D eigenvalue weighted by molar-refractivity contribution is -0.122. The number of aromatic nitrogens is 2. The van der Waals surface area contributed by atoms with E-state index in [2.05, 4.69) is 57.5 Å². The Labute approximate surface area is 161 Å². The topological polar surface area (TPSA) is 53.4 Å². The molecule has 1 amide bonds. The van der Waals surface area contributed by atoms with Crippen molar-refractivity contribution in [3.8, 4) is 5.69 Å². The summed E-state index contributed by atoms with van der Waals surface area (Å²) < 4.78 is 2.00. The maximum Gasteiger partial charge on any atom is 0.234 e. The van der Waals surface area contributed by atoms with E-state index in [9.17, 15) is 4.79 Å². The largest absolute Gasteiger partial charge is 0.371 e. The summed E-state index contributed by atoms with van der Waals surface area (Å²) >= 11 is 0. The summed E-state index contributed by atoms with van der Waals surface area (Å²) in [5.41, 5.74) is 4.57. The number of nitrogens with zero attached hydrogens (tertiary/aromatic N) is 4. The summed E-state index contributed by atoms with van der Waals surface area (Å²) in [7, 11) is 0. The molecule has 2 fully saturated rings. The van der Waals surface area contributed by atoms with Crippen LogP contribution in [0.15, 0.2) is 30.3 Å². The van der Waals surface area contributed by atoms with E-state index in [-0.39, 0.29) is 5.91 Å². The Balaban J connectivity index is 1.38. The van der Waals surface area contributed by atoms with Gasteiger partial charge in [0.15, 0.2) is 0 Å². The minimum Gasteiger partial charge on any atom is -0.371 e. The molecule has 6 nitrogen and oxygen atoms in total. The normalized spacial score (nSPS) is 19.8. The van der Waals surface area contributed by atoms with Crippen molar-refractivity contribution < 1.29 is 4.79 Å². The molecule has 1 aromatic heterocycles. The molecule has 0 aliphatic carbocycles. The van der Waals surface area contributed by atoms with E-state index >= 15 is 0 Å². The van der Waals surface area contributed by atoms with E-state index in [1.807, 2.05) is 11.6 Å². The van der Waals surface area contributed by atoms with Crippen LogP contribution in [0.3, 0.4) is 0 Å². The molecule has 2 aliphatic heterocycles. The van der Waals surface area contributed by atoms with Crippen LogP contribution in [0.2, 0.25) is 0 Å². The molecule has 0 radical (unpaired) electrons. The third-order valence-electron chi connectivity index (χ3n) is 5.74. The van der Waals surface area contributed by atoms with Crippen molar-refractivity contribution >= 4 is 11.6 Å². The van der Waals surface area contributed by atoms with Crippen molar-refractivity contribution in [2.75, 3.05) is 37.6 Å².